The first-order valence-electron chi connectivity index (χ1n) is 8.54. The number of nitrogens with zero attached hydrogens (tertiary/aromatic N) is 4. The Morgan fingerprint density at radius 3 is 2.50 bits per heavy atom. The average Bonchev–Trinajstić information content (AvgIpc) is 3.32. The molecule has 0 fully saturated rings. The van der Waals surface area contributed by atoms with Gasteiger partial charge in [0.2, 0.25) is 0 Å². The molecule has 4 rings (SSSR count). The zero-order chi connectivity index (χ0) is 18.1. The van der Waals surface area contributed by atoms with Gasteiger partial charge in [-0.1, -0.05) is 43.3 Å². The number of aromatic nitrogens is 5. The van der Waals surface area contributed by atoms with Crippen LogP contribution < -0.4 is 0 Å². The van der Waals surface area contributed by atoms with Gasteiger partial charge in [-0.3, -0.25) is 4.98 Å². The molecule has 0 saturated carbocycles. The maximum atomic E-state index is 4.85. The van der Waals surface area contributed by atoms with Crippen molar-refractivity contribution in [2.24, 2.45) is 0 Å². The van der Waals surface area contributed by atoms with Gasteiger partial charge in [-0.25, -0.2) is 9.61 Å². The topological polar surface area (TPSA) is 80.5 Å². The van der Waals surface area contributed by atoms with Gasteiger partial charge >= 0.3 is 0 Å². The van der Waals surface area contributed by atoms with Crippen LogP contribution in [-0.2, 0) is 0 Å². The molecule has 26 heavy (non-hydrogen) atoms. The molecule has 0 aliphatic heterocycles. The van der Waals surface area contributed by atoms with E-state index in [1.54, 1.807) is 6.20 Å². The summed E-state index contributed by atoms with van der Waals surface area (Å²) in [6.07, 6.45) is 1.60. The molecule has 4 aromatic rings. The Balaban J connectivity index is 1.87. The zero-order valence-corrected chi connectivity index (χ0v) is 14.9. The third-order valence-corrected chi connectivity index (χ3v) is 4.21. The van der Waals surface area contributed by atoms with Crippen molar-refractivity contribution in [2.45, 2.75) is 26.7 Å². The second-order valence-corrected chi connectivity index (χ2v) is 6.54. The molecule has 0 amide bonds. The SMILES string of the molecule is Cc1cccc(-c2[nH]c(C(C)C)nc2-c2cccc(-c3cnon3)c2)n1. The molecule has 3 aromatic heterocycles. The first-order valence-corrected chi connectivity index (χ1v) is 8.54. The predicted molar refractivity (Wildman–Crippen MR) is 99.4 cm³/mol. The Morgan fingerprint density at radius 2 is 1.77 bits per heavy atom. The number of aromatic amines is 1. The summed E-state index contributed by atoms with van der Waals surface area (Å²) in [5, 5.41) is 7.61. The van der Waals surface area contributed by atoms with Gasteiger partial charge < -0.3 is 4.98 Å². The summed E-state index contributed by atoms with van der Waals surface area (Å²) in [6.45, 7) is 6.22. The van der Waals surface area contributed by atoms with Crippen molar-refractivity contribution in [3.8, 4) is 33.9 Å². The molecule has 0 unspecified atom stereocenters. The van der Waals surface area contributed by atoms with Crippen LogP contribution in [0.5, 0.6) is 0 Å². The van der Waals surface area contributed by atoms with Gasteiger partial charge in [-0.15, -0.1) is 0 Å². The second kappa shape index (κ2) is 6.55. The van der Waals surface area contributed by atoms with Crippen molar-refractivity contribution in [2.75, 3.05) is 0 Å². The maximum Gasteiger partial charge on any atom is 0.135 e. The van der Waals surface area contributed by atoms with Gasteiger partial charge in [-0.05, 0) is 30.3 Å². The minimum atomic E-state index is 0.287. The highest BCUT2D eigenvalue weighted by atomic mass is 16.6. The van der Waals surface area contributed by atoms with Crippen LogP contribution in [0.1, 0.15) is 31.3 Å². The van der Waals surface area contributed by atoms with Crippen LogP contribution in [-0.4, -0.2) is 25.3 Å². The molecule has 0 saturated heterocycles. The standard InChI is InChI=1S/C20H19N5O/c1-12(2)20-23-18(19(24-20)16-9-4-6-13(3)22-16)15-8-5-7-14(10-15)17-11-21-26-25-17/h4-12H,1-3H3,(H,23,24). The van der Waals surface area contributed by atoms with Crippen LogP contribution in [0.4, 0.5) is 0 Å². The highest BCUT2D eigenvalue weighted by Gasteiger charge is 2.17. The number of imidazole rings is 1. The molecule has 1 aromatic carbocycles. The van der Waals surface area contributed by atoms with Gasteiger partial charge in [0.1, 0.15) is 11.5 Å². The van der Waals surface area contributed by atoms with Gasteiger partial charge in [0.25, 0.3) is 0 Å². The summed E-state index contributed by atoms with van der Waals surface area (Å²) in [5.41, 5.74) is 6.28. The van der Waals surface area contributed by atoms with Crippen molar-refractivity contribution in [1.82, 2.24) is 25.3 Å². The van der Waals surface area contributed by atoms with E-state index in [1.165, 1.54) is 0 Å². The third kappa shape index (κ3) is 3.01. The number of pyridine rings is 1. The van der Waals surface area contributed by atoms with E-state index in [0.717, 1.165) is 39.7 Å². The van der Waals surface area contributed by atoms with Crippen LogP contribution >= 0.6 is 0 Å². The van der Waals surface area contributed by atoms with E-state index in [1.807, 2.05) is 49.4 Å². The Labute approximate surface area is 151 Å². The van der Waals surface area contributed by atoms with Crippen LogP contribution in [0, 0.1) is 6.92 Å². The highest BCUT2D eigenvalue weighted by Crippen LogP contribution is 2.32. The molecule has 0 atom stereocenters. The lowest BCUT2D eigenvalue weighted by atomic mass is 10.0. The summed E-state index contributed by atoms with van der Waals surface area (Å²) >= 11 is 0. The summed E-state index contributed by atoms with van der Waals surface area (Å²) in [5.74, 6) is 1.22. The molecular formula is C20H19N5O. The number of hydrogen-bond donors (Lipinski definition) is 1. The molecule has 0 radical (unpaired) electrons. The van der Waals surface area contributed by atoms with Crippen molar-refractivity contribution in [1.29, 1.82) is 0 Å². The first-order chi connectivity index (χ1) is 12.6. The smallest absolute Gasteiger partial charge is 0.135 e. The maximum absolute atomic E-state index is 4.85. The van der Waals surface area contributed by atoms with E-state index in [4.69, 9.17) is 9.61 Å². The molecular weight excluding hydrogens is 326 g/mol. The fraction of sp³-hybridized carbons (Fsp3) is 0.200. The fourth-order valence-electron chi connectivity index (χ4n) is 2.86. The van der Waals surface area contributed by atoms with E-state index in [9.17, 15) is 0 Å². The molecule has 3 heterocycles. The second-order valence-electron chi connectivity index (χ2n) is 6.54. The average molecular weight is 345 g/mol. The Hall–Kier alpha value is -3.28. The van der Waals surface area contributed by atoms with E-state index in [2.05, 4.69) is 34.1 Å². The van der Waals surface area contributed by atoms with Crippen LogP contribution in [0.2, 0.25) is 0 Å². The molecule has 0 spiro atoms. The van der Waals surface area contributed by atoms with Gasteiger partial charge in [0.05, 0.1) is 23.3 Å². The van der Waals surface area contributed by atoms with Gasteiger partial charge in [0, 0.05) is 22.7 Å². The highest BCUT2D eigenvalue weighted by molar-refractivity contribution is 5.79. The molecule has 0 aliphatic rings. The number of nitrogens with one attached hydrogen (secondary N) is 1. The summed E-state index contributed by atoms with van der Waals surface area (Å²) in [6, 6.07) is 14.0. The Kier molecular flexibility index (Phi) is 4.08. The van der Waals surface area contributed by atoms with E-state index in [-0.39, 0.29) is 5.92 Å². The van der Waals surface area contributed by atoms with E-state index < -0.39 is 0 Å². The molecule has 0 bridgehead atoms. The number of benzene rings is 1. The minimum Gasteiger partial charge on any atom is -0.340 e. The largest absolute Gasteiger partial charge is 0.340 e. The Bertz CT molecular complexity index is 1030. The van der Waals surface area contributed by atoms with Crippen molar-refractivity contribution in [3.63, 3.8) is 0 Å². The van der Waals surface area contributed by atoms with Crippen molar-refractivity contribution < 1.29 is 4.63 Å². The zero-order valence-electron chi connectivity index (χ0n) is 14.9. The lowest BCUT2D eigenvalue weighted by Crippen LogP contribution is -1.90. The lowest BCUT2D eigenvalue weighted by Gasteiger charge is -2.05. The predicted octanol–water partition coefficient (Wildman–Crippen LogP) is 4.62. The minimum absolute atomic E-state index is 0.287. The number of aryl methyl sites for hydroxylation is 1. The summed E-state index contributed by atoms with van der Waals surface area (Å²) in [4.78, 5) is 13.0. The normalized spacial score (nSPS) is 11.2. The summed E-state index contributed by atoms with van der Waals surface area (Å²) in [7, 11) is 0. The third-order valence-electron chi connectivity index (χ3n) is 4.21. The van der Waals surface area contributed by atoms with E-state index in [0.29, 0.717) is 5.69 Å². The van der Waals surface area contributed by atoms with Gasteiger partial charge in [0.15, 0.2) is 0 Å². The van der Waals surface area contributed by atoms with Gasteiger partial charge in [-0.2, -0.15) is 0 Å². The molecule has 0 aliphatic carbocycles. The Morgan fingerprint density at radius 1 is 0.962 bits per heavy atom. The molecule has 6 nitrogen and oxygen atoms in total. The van der Waals surface area contributed by atoms with Crippen molar-refractivity contribution >= 4 is 0 Å². The number of rotatable bonds is 4. The molecule has 1 N–H and O–H groups in total. The lowest BCUT2D eigenvalue weighted by molar-refractivity contribution is 0.308. The summed E-state index contributed by atoms with van der Waals surface area (Å²) < 4.78 is 4.72. The van der Waals surface area contributed by atoms with Crippen LogP contribution in [0.15, 0.2) is 53.3 Å². The quantitative estimate of drug-likeness (QED) is 0.584. The fourth-order valence-corrected chi connectivity index (χ4v) is 2.86. The number of hydrogen-bond acceptors (Lipinski definition) is 5. The molecule has 130 valence electrons. The van der Waals surface area contributed by atoms with Crippen molar-refractivity contribution in [3.05, 3.63) is 60.2 Å². The van der Waals surface area contributed by atoms with Crippen LogP contribution in [0.3, 0.4) is 0 Å². The van der Waals surface area contributed by atoms with Crippen LogP contribution in [0.25, 0.3) is 33.9 Å². The number of H-pyrrole nitrogens is 1. The monoisotopic (exact) mass is 345 g/mol. The molecule has 6 heteroatoms. The first kappa shape index (κ1) is 16.2. The van der Waals surface area contributed by atoms with E-state index >= 15 is 0 Å².